The highest BCUT2D eigenvalue weighted by Crippen LogP contribution is 2.30. The number of aromatic amines is 1. The van der Waals surface area contributed by atoms with Crippen LogP contribution in [0.25, 0.3) is 0 Å². The molecule has 1 aliphatic heterocycles. The minimum atomic E-state index is -4.40. The fourth-order valence-electron chi connectivity index (χ4n) is 1.88. The number of nitrogens with one attached hydrogen (secondary N) is 1. The zero-order chi connectivity index (χ0) is 14.9. The molecular formula is C11H10F3N3O3. The van der Waals surface area contributed by atoms with Gasteiger partial charge < -0.3 is 15.0 Å². The Morgan fingerprint density at radius 3 is 2.60 bits per heavy atom. The molecule has 0 spiro atoms. The normalized spacial score (nSPS) is 15.9. The quantitative estimate of drug-likeness (QED) is 0.807. The van der Waals surface area contributed by atoms with Crippen molar-refractivity contribution in [2.24, 2.45) is 0 Å². The minimum absolute atomic E-state index is 0.129. The van der Waals surface area contributed by atoms with Crippen molar-refractivity contribution in [1.29, 1.82) is 0 Å². The maximum Gasteiger partial charge on any atom is 0.412 e. The average molecular weight is 289 g/mol. The summed E-state index contributed by atoms with van der Waals surface area (Å²) in [5.41, 5.74) is -1.36. The van der Waals surface area contributed by atoms with Gasteiger partial charge in [0.05, 0.1) is 6.33 Å². The number of hydrogen-bond donors (Lipinski definition) is 2. The summed E-state index contributed by atoms with van der Waals surface area (Å²) in [5.74, 6) is -2.06. The van der Waals surface area contributed by atoms with E-state index >= 15 is 0 Å². The van der Waals surface area contributed by atoms with Crippen LogP contribution in [0.2, 0.25) is 0 Å². The molecule has 9 heteroatoms. The van der Waals surface area contributed by atoms with Crippen LogP contribution in [0.4, 0.5) is 13.2 Å². The van der Waals surface area contributed by atoms with Crippen LogP contribution < -0.4 is 0 Å². The number of imidazole rings is 1. The molecule has 108 valence electrons. The van der Waals surface area contributed by atoms with Crippen molar-refractivity contribution in [3.63, 3.8) is 0 Å². The maximum absolute atomic E-state index is 12.4. The fraction of sp³-hybridized carbons (Fsp3) is 0.364. The summed E-state index contributed by atoms with van der Waals surface area (Å²) < 4.78 is 37.3. The first-order chi connectivity index (χ1) is 9.30. The summed E-state index contributed by atoms with van der Waals surface area (Å²) in [6.07, 6.45) is -2.73. The Hall–Kier alpha value is -2.32. The van der Waals surface area contributed by atoms with E-state index in [-0.39, 0.29) is 30.9 Å². The number of nitrogens with zero attached hydrogens (tertiary/aromatic N) is 2. The third-order valence-corrected chi connectivity index (χ3v) is 2.92. The van der Waals surface area contributed by atoms with E-state index < -0.39 is 23.6 Å². The van der Waals surface area contributed by atoms with Crippen molar-refractivity contribution >= 4 is 11.9 Å². The second-order valence-electron chi connectivity index (χ2n) is 4.16. The van der Waals surface area contributed by atoms with Crippen molar-refractivity contribution in [3.8, 4) is 0 Å². The summed E-state index contributed by atoms with van der Waals surface area (Å²) in [5, 5.41) is 8.85. The zero-order valence-corrected chi connectivity index (χ0v) is 10.1. The monoisotopic (exact) mass is 289 g/mol. The number of carboxylic acid groups (broad SMARTS) is 1. The number of alkyl halides is 3. The molecule has 0 aromatic carbocycles. The number of amides is 1. The van der Waals surface area contributed by atoms with Gasteiger partial charge in [-0.2, -0.15) is 13.2 Å². The molecule has 2 heterocycles. The number of hydrogen-bond acceptors (Lipinski definition) is 3. The van der Waals surface area contributed by atoms with Crippen LogP contribution >= 0.6 is 0 Å². The van der Waals surface area contributed by atoms with Crippen LogP contribution in [-0.4, -0.2) is 51.1 Å². The number of carbonyl (C=O) groups is 2. The van der Waals surface area contributed by atoms with Crippen LogP contribution in [-0.2, 0) is 0 Å². The number of H-pyrrole nitrogens is 1. The molecule has 1 aliphatic rings. The van der Waals surface area contributed by atoms with Gasteiger partial charge in [0.15, 0.2) is 11.4 Å². The standard InChI is InChI=1S/C11H10F3N3O3/c12-11(13,14)6-1-3-17(4-2-6)9(18)7-8(10(19)20)16-5-15-7/h1,5H,2-4H2,(H,15,16)(H,19,20). The summed E-state index contributed by atoms with van der Waals surface area (Å²) in [6.45, 7) is -0.351. The van der Waals surface area contributed by atoms with Crippen LogP contribution in [0.5, 0.6) is 0 Å². The topological polar surface area (TPSA) is 86.3 Å². The highest BCUT2D eigenvalue weighted by atomic mass is 19.4. The smallest absolute Gasteiger partial charge is 0.412 e. The van der Waals surface area contributed by atoms with Gasteiger partial charge in [-0.05, 0) is 6.42 Å². The minimum Gasteiger partial charge on any atom is -0.477 e. The van der Waals surface area contributed by atoms with Gasteiger partial charge in [0.2, 0.25) is 0 Å². The van der Waals surface area contributed by atoms with Gasteiger partial charge in [0, 0.05) is 18.7 Å². The van der Waals surface area contributed by atoms with Crippen LogP contribution in [0.15, 0.2) is 18.0 Å². The molecule has 0 saturated carbocycles. The van der Waals surface area contributed by atoms with Crippen molar-refractivity contribution in [2.75, 3.05) is 13.1 Å². The van der Waals surface area contributed by atoms with Gasteiger partial charge >= 0.3 is 12.1 Å². The van der Waals surface area contributed by atoms with Crippen molar-refractivity contribution in [1.82, 2.24) is 14.9 Å². The third-order valence-electron chi connectivity index (χ3n) is 2.92. The van der Waals surface area contributed by atoms with E-state index in [1.165, 1.54) is 0 Å². The SMILES string of the molecule is O=C(O)c1[nH]cnc1C(=O)N1CC=C(C(F)(F)F)CC1. The Morgan fingerprint density at radius 1 is 1.40 bits per heavy atom. The average Bonchev–Trinajstić information content (AvgIpc) is 2.86. The molecule has 20 heavy (non-hydrogen) atoms. The Morgan fingerprint density at radius 2 is 2.10 bits per heavy atom. The van der Waals surface area contributed by atoms with E-state index in [9.17, 15) is 22.8 Å². The summed E-state index contributed by atoms with van der Waals surface area (Å²) >= 11 is 0. The van der Waals surface area contributed by atoms with E-state index in [1.807, 2.05) is 0 Å². The van der Waals surface area contributed by atoms with Crippen molar-refractivity contribution in [2.45, 2.75) is 12.6 Å². The van der Waals surface area contributed by atoms with Gasteiger partial charge in [-0.25, -0.2) is 9.78 Å². The molecule has 6 nitrogen and oxygen atoms in total. The molecule has 0 radical (unpaired) electrons. The number of aromatic carboxylic acids is 1. The summed E-state index contributed by atoms with van der Waals surface area (Å²) in [6, 6.07) is 0. The van der Waals surface area contributed by atoms with Gasteiger partial charge in [-0.15, -0.1) is 0 Å². The second-order valence-corrected chi connectivity index (χ2v) is 4.16. The number of carboxylic acids is 1. The molecule has 2 N–H and O–H groups in total. The molecular weight excluding hydrogens is 279 g/mol. The largest absolute Gasteiger partial charge is 0.477 e. The van der Waals surface area contributed by atoms with E-state index in [0.29, 0.717) is 0 Å². The van der Waals surface area contributed by atoms with E-state index in [0.717, 1.165) is 17.3 Å². The van der Waals surface area contributed by atoms with Crippen molar-refractivity contribution < 1.29 is 27.9 Å². The molecule has 1 aromatic heterocycles. The summed E-state index contributed by atoms with van der Waals surface area (Å²) in [4.78, 5) is 29.9. The molecule has 0 atom stereocenters. The first-order valence-electron chi connectivity index (χ1n) is 5.63. The molecule has 0 aliphatic carbocycles. The Labute approximate surface area is 110 Å². The van der Waals surface area contributed by atoms with Crippen LogP contribution in [0.1, 0.15) is 27.4 Å². The lowest BCUT2D eigenvalue weighted by molar-refractivity contribution is -0.0957. The summed E-state index contributed by atoms with van der Waals surface area (Å²) in [7, 11) is 0. The van der Waals surface area contributed by atoms with E-state index in [1.54, 1.807) is 0 Å². The lowest BCUT2D eigenvalue weighted by Crippen LogP contribution is -2.37. The van der Waals surface area contributed by atoms with Crippen LogP contribution in [0, 0.1) is 0 Å². The number of carbonyl (C=O) groups excluding carboxylic acids is 1. The molecule has 0 bridgehead atoms. The van der Waals surface area contributed by atoms with E-state index in [2.05, 4.69) is 9.97 Å². The van der Waals surface area contributed by atoms with Gasteiger partial charge in [0.1, 0.15) is 0 Å². The van der Waals surface area contributed by atoms with Gasteiger partial charge in [-0.1, -0.05) is 6.08 Å². The molecule has 0 unspecified atom stereocenters. The highest BCUT2D eigenvalue weighted by molar-refractivity contribution is 6.02. The number of halogens is 3. The van der Waals surface area contributed by atoms with Gasteiger partial charge in [0.25, 0.3) is 5.91 Å². The fourth-order valence-corrected chi connectivity index (χ4v) is 1.88. The highest BCUT2D eigenvalue weighted by Gasteiger charge is 2.36. The van der Waals surface area contributed by atoms with Crippen molar-refractivity contribution in [3.05, 3.63) is 29.4 Å². The second kappa shape index (κ2) is 4.99. The maximum atomic E-state index is 12.4. The predicted octanol–water partition coefficient (Wildman–Crippen LogP) is 1.44. The zero-order valence-electron chi connectivity index (χ0n) is 10.1. The molecule has 1 aromatic rings. The first kappa shape index (κ1) is 14.1. The van der Waals surface area contributed by atoms with Gasteiger partial charge in [-0.3, -0.25) is 4.79 Å². The van der Waals surface area contributed by atoms with Crippen LogP contribution in [0.3, 0.4) is 0 Å². The predicted molar refractivity (Wildman–Crippen MR) is 60.2 cm³/mol. The molecule has 2 rings (SSSR count). The molecule has 1 amide bonds. The number of rotatable bonds is 2. The lowest BCUT2D eigenvalue weighted by Gasteiger charge is -2.26. The number of aromatic nitrogens is 2. The molecule has 0 fully saturated rings. The first-order valence-corrected chi connectivity index (χ1v) is 5.63. The Kier molecular flexibility index (Phi) is 3.51. The lowest BCUT2D eigenvalue weighted by atomic mass is 10.1. The Balaban J connectivity index is 2.15. The van der Waals surface area contributed by atoms with E-state index in [4.69, 9.17) is 5.11 Å². The molecule has 0 saturated heterocycles. The Bertz CT molecular complexity index is 577. The third kappa shape index (κ3) is 2.65.